The van der Waals surface area contributed by atoms with Crippen LogP contribution in [0.3, 0.4) is 0 Å². The third kappa shape index (κ3) is 5.72. The van der Waals surface area contributed by atoms with Crippen LogP contribution in [0.5, 0.6) is 5.75 Å². The van der Waals surface area contributed by atoms with E-state index in [1.54, 1.807) is 13.0 Å². The van der Waals surface area contributed by atoms with E-state index >= 15 is 0 Å². The van der Waals surface area contributed by atoms with Gasteiger partial charge in [0, 0.05) is 5.56 Å². The largest absolute Gasteiger partial charge is 0.482 e. The normalized spacial score (nSPS) is 10.0. The highest BCUT2D eigenvalue weighted by molar-refractivity contribution is 5.93. The maximum absolute atomic E-state index is 13.6. The van der Waals surface area contributed by atoms with Crippen LogP contribution in [0, 0.1) is 12.7 Å². The Balaban J connectivity index is 1.75. The first kappa shape index (κ1) is 18.1. The van der Waals surface area contributed by atoms with Gasteiger partial charge >= 0.3 is 5.97 Å². The standard InChI is InChI=1S/C18H16FNO5/c1-12-2-7-16(15(19)8-12)20-17(22)10-25-18(23)11-24-14-5-3-13(9-21)4-6-14/h2-9H,10-11H2,1H3,(H,20,22). The molecule has 0 spiro atoms. The topological polar surface area (TPSA) is 81.7 Å². The number of esters is 1. The number of carbonyl (C=O) groups is 3. The van der Waals surface area contributed by atoms with E-state index in [1.807, 2.05) is 0 Å². The van der Waals surface area contributed by atoms with Crippen molar-refractivity contribution in [1.82, 2.24) is 0 Å². The van der Waals surface area contributed by atoms with Crippen LogP contribution in [0.4, 0.5) is 10.1 Å². The number of hydrogen-bond acceptors (Lipinski definition) is 5. The Hall–Kier alpha value is -3.22. The van der Waals surface area contributed by atoms with E-state index in [1.165, 1.54) is 36.4 Å². The summed E-state index contributed by atoms with van der Waals surface area (Å²) in [7, 11) is 0. The average Bonchev–Trinajstić information content (AvgIpc) is 2.61. The Morgan fingerprint density at radius 2 is 1.84 bits per heavy atom. The predicted molar refractivity (Wildman–Crippen MR) is 88.1 cm³/mol. The number of halogens is 1. The molecule has 0 unspecified atom stereocenters. The molecule has 0 bridgehead atoms. The summed E-state index contributed by atoms with van der Waals surface area (Å²) in [4.78, 5) is 33.7. The molecule has 25 heavy (non-hydrogen) atoms. The Morgan fingerprint density at radius 3 is 2.48 bits per heavy atom. The zero-order chi connectivity index (χ0) is 18.2. The molecule has 0 aliphatic rings. The van der Waals surface area contributed by atoms with Gasteiger partial charge in [-0.1, -0.05) is 6.07 Å². The van der Waals surface area contributed by atoms with Gasteiger partial charge in [0.25, 0.3) is 5.91 Å². The van der Waals surface area contributed by atoms with E-state index in [0.29, 0.717) is 17.6 Å². The van der Waals surface area contributed by atoms with E-state index in [0.717, 1.165) is 5.56 Å². The second-order valence-corrected chi connectivity index (χ2v) is 5.17. The highest BCUT2D eigenvalue weighted by atomic mass is 19.1. The zero-order valence-corrected chi connectivity index (χ0v) is 13.5. The molecule has 0 heterocycles. The van der Waals surface area contributed by atoms with Gasteiger partial charge < -0.3 is 14.8 Å². The van der Waals surface area contributed by atoms with Gasteiger partial charge in [-0.3, -0.25) is 9.59 Å². The Morgan fingerprint density at radius 1 is 1.12 bits per heavy atom. The molecule has 0 atom stereocenters. The molecule has 0 aliphatic carbocycles. The Kier molecular flexibility index (Phi) is 6.22. The van der Waals surface area contributed by atoms with E-state index in [-0.39, 0.29) is 5.69 Å². The molecule has 0 aromatic heterocycles. The van der Waals surface area contributed by atoms with Crippen molar-refractivity contribution in [3.8, 4) is 5.75 Å². The maximum Gasteiger partial charge on any atom is 0.344 e. The fourth-order valence-corrected chi connectivity index (χ4v) is 1.88. The molecule has 2 rings (SSSR count). The van der Waals surface area contributed by atoms with Gasteiger partial charge in [-0.2, -0.15) is 0 Å². The monoisotopic (exact) mass is 345 g/mol. The van der Waals surface area contributed by atoms with E-state index in [2.05, 4.69) is 5.32 Å². The number of carbonyl (C=O) groups excluding carboxylic acids is 3. The summed E-state index contributed by atoms with van der Waals surface area (Å²) in [6.07, 6.45) is 0.688. The van der Waals surface area contributed by atoms with Crippen molar-refractivity contribution in [2.75, 3.05) is 18.5 Å². The fourth-order valence-electron chi connectivity index (χ4n) is 1.88. The second kappa shape index (κ2) is 8.58. The highest BCUT2D eigenvalue weighted by Gasteiger charge is 2.11. The Bertz CT molecular complexity index is 774. The lowest BCUT2D eigenvalue weighted by Gasteiger charge is -2.09. The molecular formula is C18H16FNO5. The maximum atomic E-state index is 13.6. The molecule has 7 heteroatoms. The van der Waals surface area contributed by atoms with Gasteiger partial charge in [0.1, 0.15) is 17.9 Å². The summed E-state index contributed by atoms with van der Waals surface area (Å²) in [5, 5.41) is 2.31. The number of anilines is 1. The van der Waals surface area contributed by atoms with Gasteiger partial charge in [0.2, 0.25) is 0 Å². The SMILES string of the molecule is Cc1ccc(NC(=O)COC(=O)COc2ccc(C=O)cc2)c(F)c1. The molecule has 1 N–H and O–H groups in total. The van der Waals surface area contributed by atoms with Crippen molar-refractivity contribution < 1.29 is 28.2 Å². The predicted octanol–water partition coefficient (Wildman–Crippen LogP) is 2.51. The van der Waals surface area contributed by atoms with Crippen molar-refractivity contribution in [2.24, 2.45) is 0 Å². The number of aldehydes is 1. The van der Waals surface area contributed by atoms with Crippen LogP contribution in [0.2, 0.25) is 0 Å². The minimum atomic E-state index is -0.751. The number of aryl methyl sites for hydroxylation is 1. The molecule has 6 nitrogen and oxygen atoms in total. The van der Waals surface area contributed by atoms with Crippen molar-refractivity contribution in [3.05, 3.63) is 59.4 Å². The molecule has 1 amide bonds. The van der Waals surface area contributed by atoms with Crippen LogP contribution in [0.15, 0.2) is 42.5 Å². The van der Waals surface area contributed by atoms with Crippen LogP contribution in [0.25, 0.3) is 0 Å². The lowest BCUT2D eigenvalue weighted by Crippen LogP contribution is -2.24. The van der Waals surface area contributed by atoms with Gasteiger partial charge in [0.05, 0.1) is 5.69 Å². The minimum absolute atomic E-state index is 0.0122. The smallest absolute Gasteiger partial charge is 0.344 e. The zero-order valence-electron chi connectivity index (χ0n) is 13.5. The van der Waals surface area contributed by atoms with Gasteiger partial charge in [-0.15, -0.1) is 0 Å². The fraction of sp³-hybridized carbons (Fsp3) is 0.167. The quantitative estimate of drug-likeness (QED) is 0.616. The average molecular weight is 345 g/mol. The first-order chi connectivity index (χ1) is 12.0. The third-order valence-corrected chi connectivity index (χ3v) is 3.14. The van der Waals surface area contributed by atoms with Gasteiger partial charge in [-0.25, -0.2) is 9.18 Å². The minimum Gasteiger partial charge on any atom is -0.482 e. The lowest BCUT2D eigenvalue weighted by molar-refractivity contribution is -0.149. The van der Waals surface area contributed by atoms with Crippen LogP contribution in [-0.4, -0.2) is 31.4 Å². The number of benzene rings is 2. The molecule has 2 aromatic carbocycles. The van der Waals surface area contributed by atoms with Crippen LogP contribution in [0.1, 0.15) is 15.9 Å². The number of hydrogen-bond donors (Lipinski definition) is 1. The van der Waals surface area contributed by atoms with Crippen molar-refractivity contribution >= 4 is 23.9 Å². The summed E-state index contributed by atoms with van der Waals surface area (Å²) in [5.74, 6) is -1.60. The Labute approximate surface area is 143 Å². The molecule has 130 valence electrons. The molecule has 0 fully saturated rings. The van der Waals surface area contributed by atoms with Crippen LogP contribution in [-0.2, 0) is 14.3 Å². The van der Waals surface area contributed by atoms with Crippen molar-refractivity contribution in [1.29, 1.82) is 0 Å². The summed E-state index contributed by atoms with van der Waals surface area (Å²) in [6, 6.07) is 10.5. The number of nitrogens with one attached hydrogen (secondary N) is 1. The van der Waals surface area contributed by atoms with Crippen LogP contribution < -0.4 is 10.1 Å². The molecule has 0 aliphatic heterocycles. The van der Waals surface area contributed by atoms with Gasteiger partial charge in [0.15, 0.2) is 13.2 Å². The van der Waals surface area contributed by atoms with Crippen molar-refractivity contribution in [2.45, 2.75) is 6.92 Å². The second-order valence-electron chi connectivity index (χ2n) is 5.17. The summed E-state index contributed by atoms with van der Waals surface area (Å²) < 4.78 is 23.5. The lowest BCUT2D eigenvalue weighted by atomic mass is 10.2. The number of amides is 1. The molecular weight excluding hydrogens is 329 g/mol. The molecule has 0 radical (unpaired) electrons. The van der Waals surface area contributed by atoms with E-state index < -0.39 is 30.9 Å². The van der Waals surface area contributed by atoms with E-state index in [9.17, 15) is 18.8 Å². The van der Waals surface area contributed by atoms with E-state index in [4.69, 9.17) is 9.47 Å². The first-order valence-corrected chi connectivity index (χ1v) is 7.37. The molecule has 0 saturated carbocycles. The number of rotatable bonds is 7. The summed E-state index contributed by atoms with van der Waals surface area (Å²) in [5.41, 5.74) is 1.22. The summed E-state index contributed by atoms with van der Waals surface area (Å²) >= 11 is 0. The summed E-state index contributed by atoms with van der Waals surface area (Å²) in [6.45, 7) is 0.773. The number of ether oxygens (including phenoxy) is 2. The van der Waals surface area contributed by atoms with Crippen LogP contribution >= 0.6 is 0 Å². The third-order valence-electron chi connectivity index (χ3n) is 3.14. The first-order valence-electron chi connectivity index (χ1n) is 7.37. The molecule has 0 saturated heterocycles. The molecule has 2 aromatic rings. The van der Waals surface area contributed by atoms with Gasteiger partial charge in [-0.05, 0) is 48.9 Å². The van der Waals surface area contributed by atoms with Crippen molar-refractivity contribution in [3.63, 3.8) is 0 Å². The highest BCUT2D eigenvalue weighted by Crippen LogP contribution is 2.15.